The van der Waals surface area contributed by atoms with Crippen LogP contribution in [-0.2, 0) is 6.42 Å². The normalized spacial score (nSPS) is 16.3. The van der Waals surface area contributed by atoms with Crippen molar-refractivity contribution in [2.75, 3.05) is 0 Å². The summed E-state index contributed by atoms with van der Waals surface area (Å²) in [6.07, 6.45) is 10.0. The van der Waals surface area contributed by atoms with E-state index in [4.69, 9.17) is 0 Å². The Morgan fingerprint density at radius 2 is 1.30 bits per heavy atom. The van der Waals surface area contributed by atoms with Crippen LogP contribution in [0.4, 0.5) is 0 Å². The van der Waals surface area contributed by atoms with E-state index in [1.807, 2.05) is 0 Å². The van der Waals surface area contributed by atoms with Crippen molar-refractivity contribution in [3.05, 3.63) is 107 Å². The molecule has 130 valence electrons. The summed E-state index contributed by atoms with van der Waals surface area (Å²) in [6, 6.07) is 26.1. The minimum absolute atomic E-state index is 0.520. The van der Waals surface area contributed by atoms with Gasteiger partial charge in [-0.25, -0.2) is 0 Å². The van der Waals surface area contributed by atoms with Gasteiger partial charge in [0.25, 0.3) is 0 Å². The van der Waals surface area contributed by atoms with E-state index in [0.29, 0.717) is 3.92 Å². The number of benzene rings is 4. The van der Waals surface area contributed by atoms with Crippen LogP contribution in [0.15, 0.2) is 84.9 Å². The molecule has 0 saturated carbocycles. The van der Waals surface area contributed by atoms with Gasteiger partial charge in [0.2, 0.25) is 0 Å². The fraction of sp³-hybridized carbons (Fsp3) is 0.0769. The molecule has 1 unspecified atom stereocenters. The second kappa shape index (κ2) is 6.97. The summed E-state index contributed by atoms with van der Waals surface area (Å²) in [5.41, 5.74) is 5.61. The first-order chi connectivity index (χ1) is 13.3. The highest BCUT2D eigenvalue weighted by molar-refractivity contribution is 14.1. The van der Waals surface area contributed by atoms with E-state index >= 15 is 0 Å². The number of allylic oxidation sites excluding steroid dienone is 2. The third-order valence-corrected chi connectivity index (χ3v) is 6.46. The quantitative estimate of drug-likeness (QED) is 0.187. The lowest BCUT2D eigenvalue weighted by Crippen LogP contribution is -1.94. The predicted molar refractivity (Wildman–Crippen MR) is 126 cm³/mol. The molecule has 0 amide bonds. The maximum atomic E-state index is 2.48. The van der Waals surface area contributed by atoms with E-state index in [2.05, 4.69) is 120 Å². The molecule has 0 nitrogen and oxygen atoms in total. The van der Waals surface area contributed by atoms with Crippen LogP contribution in [0.5, 0.6) is 0 Å². The van der Waals surface area contributed by atoms with Gasteiger partial charge < -0.3 is 0 Å². The number of hydrogen-bond donors (Lipinski definition) is 0. The molecule has 2 aliphatic carbocycles. The summed E-state index contributed by atoms with van der Waals surface area (Å²) in [6.45, 7) is 0. The van der Waals surface area contributed by atoms with Gasteiger partial charge in [-0.2, -0.15) is 0 Å². The summed E-state index contributed by atoms with van der Waals surface area (Å²) in [7, 11) is 0. The van der Waals surface area contributed by atoms with Crippen LogP contribution in [-0.4, -0.2) is 0 Å². The monoisotopic (exact) mass is 458 g/mol. The van der Waals surface area contributed by atoms with Crippen LogP contribution >= 0.6 is 22.6 Å². The largest absolute Gasteiger partial charge is 0.0795 e. The van der Waals surface area contributed by atoms with Gasteiger partial charge in [0.1, 0.15) is 0 Å². The third kappa shape index (κ3) is 3.00. The van der Waals surface area contributed by atoms with E-state index in [-0.39, 0.29) is 0 Å². The lowest BCUT2D eigenvalue weighted by atomic mass is 9.93. The zero-order valence-electron chi connectivity index (χ0n) is 14.9. The van der Waals surface area contributed by atoms with Crippen molar-refractivity contribution < 1.29 is 0 Å². The van der Waals surface area contributed by atoms with Gasteiger partial charge in [-0.1, -0.05) is 120 Å². The van der Waals surface area contributed by atoms with Gasteiger partial charge in [0.05, 0.1) is 3.92 Å². The van der Waals surface area contributed by atoms with Crippen LogP contribution in [0.1, 0.15) is 26.2 Å². The van der Waals surface area contributed by atoms with Crippen molar-refractivity contribution in [1.82, 2.24) is 0 Å². The highest BCUT2D eigenvalue weighted by Crippen LogP contribution is 2.37. The van der Waals surface area contributed by atoms with Crippen molar-refractivity contribution >= 4 is 56.3 Å². The molecular weight excluding hydrogens is 439 g/mol. The first-order valence-electron chi connectivity index (χ1n) is 9.32. The van der Waals surface area contributed by atoms with E-state index in [0.717, 1.165) is 6.42 Å². The molecule has 0 saturated heterocycles. The van der Waals surface area contributed by atoms with Crippen molar-refractivity contribution in [3.63, 3.8) is 0 Å². The second-order valence-electron chi connectivity index (χ2n) is 7.02. The van der Waals surface area contributed by atoms with Crippen molar-refractivity contribution in [2.24, 2.45) is 0 Å². The number of alkyl halides is 1. The van der Waals surface area contributed by atoms with Crippen molar-refractivity contribution in [3.8, 4) is 0 Å². The van der Waals surface area contributed by atoms with Gasteiger partial charge in [0.15, 0.2) is 0 Å². The molecule has 0 fully saturated rings. The van der Waals surface area contributed by atoms with Gasteiger partial charge in [-0.15, -0.1) is 0 Å². The highest BCUT2D eigenvalue weighted by atomic mass is 127. The molecular formula is C26H19I. The first-order valence-corrected chi connectivity index (χ1v) is 10.6. The summed E-state index contributed by atoms with van der Waals surface area (Å²) in [5, 5.41) is 5.58. The Morgan fingerprint density at radius 3 is 2.07 bits per heavy atom. The summed E-state index contributed by atoms with van der Waals surface area (Å²) >= 11 is 2.48. The molecule has 27 heavy (non-hydrogen) atoms. The SMILES string of the molecule is C1=Cc2cccc3cccc(c23)C1.IC1C=Cc2cccc3cccc1c23. The molecule has 0 aromatic heterocycles. The van der Waals surface area contributed by atoms with Crippen molar-refractivity contribution in [2.45, 2.75) is 10.3 Å². The fourth-order valence-electron chi connectivity index (χ4n) is 4.13. The molecule has 2 aliphatic rings. The van der Waals surface area contributed by atoms with E-state index in [1.54, 1.807) is 0 Å². The molecule has 6 rings (SSSR count). The number of rotatable bonds is 0. The lowest BCUT2D eigenvalue weighted by Gasteiger charge is -2.16. The molecule has 0 N–H and O–H groups in total. The number of halogens is 1. The minimum atomic E-state index is 0.520. The molecule has 4 aromatic carbocycles. The molecule has 4 aromatic rings. The Kier molecular flexibility index (Phi) is 4.33. The second-order valence-corrected chi connectivity index (χ2v) is 8.36. The maximum Gasteiger partial charge on any atom is 0.0548 e. The first kappa shape index (κ1) is 16.8. The number of hydrogen-bond acceptors (Lipinski definition) is 0. The fourth-order valence-corrected chi connectivity index (χ4v) is 4.86. The van der Waals surface area contributed by atoms with Gasteiger partial charge >= 0.3 is 0 Å². The van der Waals surface area contributed by atoms with Crippen LogP contribution in [0.2, 0.25) is 0 Å². The Bertz CT molecular complexity index is 1200. The molecule has 1 heteroatoms. The third-order valence-electron chi connectivity index (χ3n) is 5.37. The Morgan fingerprint density at radius 1 is 0.667 bits per heavy atom. The van der Waals surface area contributed by atoms with Crippen LogP contribution in [0.3, 0.4) is 0 Å². The van der Waals surface area contributed by atoms with Crippen LogP contribution in [0.25, 0.3) is 33.7 Å². The molecule has 0 spiro atoms. The molecule has 0 heterocycles. The average molecular weight is 458 g/mol. The predicted octanol–water partition coefficient (Wildman–Crippen LogP) is 7.75. The van der Waals surface area contributed by atoms with E-state index in [1.165, 1.54) is 43.8 Å². The van der Waals surface area contributed by atoms with Gasteiger partial charge in [-0.05, 0) is 50.2 Å². The van der Waals surface area contributed by atoms with Crippen LogP contribution in [0, 0.1) is 0 Å². The average Bonchev–Trinajstić information content (AvgIpc) is 2.72. The topological polar surface area (TPSA) is 0 Å². The zero-order valence-corrected chi connectivity index (χ0v) is 17.1. The summed E-state index contributed by atoms with van der Waals surface area (Å²) in [5.74, 6) is 0. The smallest absolute Gasteiger partial charge is 0.0548 e. The molecule has 0 aliphatic heterocycles. The lowest BCUT2D eigenvalue weighted by molar-refractivity contribution is 1.29. The Labute approximate surface area is 173 Å². The maximum absolute atomic E-state index is 2.48. The van der Waals surface area contributed by atoms with Crippen molar-refractivity contribution in [1.29, 1.82) is 0 Å². The highest BCUT2D eigenvalue weighted by Gasteiger charge is 2.13. The Balaban J connectivity index is 0.000000119. The summed E-state index contributed by atoms with van der Waals surface area (Å²) in [4.78, 5) is 0. The zero-order chi connectivity index (χ0) is 18.2. The Hall–Kier alpha value is -2.39. The van der Waals surface area contributed by atoms with Gasteiger partial charge in [-0.3, -0.25) is 0 Å². The van der Waals surface area contributed by atoms with Gasteiger partial charge in [0, 0.05) is 0 Å². The molecule has 0 radical (unpaired) electrons. The molecule has 1 atom stereocenters. The van der Waals surface area contributed by atoms with E-state index in [9.17, 15) is 0 Å². The van der Waals surface area contributed by atoms with E-state index < -0.39 is 0 Å². The van der Waals surface area contributed by atoms with Crippen LogP contribution < -0.4 is 0 Å². The standard InChI is InChI=1S/C13H9I.C13H10/c14-12-8-7-10-4-1-3-9-5-2-6-11(12)13(9)10;1-4-10-6-2-8-12-9-3-7-11(5-1)13(10)12/h1-8,12H;1-8H,9H2. The molecule has 0 bridgehead atoms. The summed E-state index contributed by atoms with van der Waals surface area (Å²) < 4.78 is 0.520. The minimum Gasteiger partial charge on any atom is -0.0795 e.